The molecule has 0 amide bonds. The Bertz CT molecular complexity index is 172. The van der Waals surface area contributed by atoms with Gasteiger partial charge in [-0.25, -0.2) is 0 Å². The van der Waals surface area contributed by atoms with E-state index in [1.807, 2.05) is 6.92 Å². The van der Waals surface area contributed by atoms with Crippen molar-refractivity contribution in [1.82, 2.24) is 5.32 Å². The van der Waals surface area contributed by atoms with E-state index in [-0.39, 0.29) is 18.2 Å². The molecule has 13 heavy (non-hydrogen) atoms. The summed E-state index contributed by atoms with van der Waals surface area (Å²) in [5.74, 6) is -0.177. The Morgan fingerprint density at radius 1 is 1.62 bits per heavy atom. The molecule has 0 unspecified atom stereocenters. The molecule has 1 saturated heterocycles. The van der Waals surface area contributed by atoms with Gasteiger partial charge in [-0.05, 0) is 13.8 Å². The maximum atomic E-state index is 11.1. The summed E-state index contributed by atoms with van der Waals surface area (Å²) in [6.07, 6.45) is 0.515. The van der Waals surface area contributed by atoms with Crippen LogP contribution in [0.1, 0.15) is 20.3 Å². The van der Waals surface area contributed by atoms with Crippen molar-refractivity contribution in [2.24, 2.45) is 0 Å². The second kappa shape index (κ2) is 5.19. The first-order chi connectivity index (χ1) is 6.22. The highest BCUT2D eigenvalue weighted by Crippen LogP contribution is 2.07. The van der Waals surface area contributed by atoms with Crippen molar-refractivity contribution in [2.45, 2.75) is 32.5 Å². The molecule has 0 aromatic heterocycles. The van der Waals surface area contributed by atoms with Gasteiger partial charge in [0.15, 0.2) is 0 Å². The first kappa shape index (κ1) is 10.5. The van der Waals surface area contributed by atoms with Gasteiger partial charge in [-0.2, -0.15) is 0 Å². The van der Waals surface area contributed by atoms with Crippen LogP contribution in [0.5, 0.6) is 0 Å². The minimum atomic E-state index is -0.177. The van der Waals surface area contributed by atoms with E-state index in [1.54, 1.807) is 6.92 Å². The van der Waals surface area contributed by atoms with Crippen LogP contribution in [0.2, 0.25) is 0 Å². The van der Waals surface area contributed by atoms with Crippen molar-refractivity contribution < 1.29 is 14.3 Å². The normalized spacial score (nSPS) is 28.5. The highest BCUT2D eigenvalue weighted by molar-refractivity contribution is 5.69. The van der Waals surface area contributed by atoms with Crippen molar-refractivity contribution in [3.8, 4) is 0 Å². The molecule has 0 aliphatic carbocycles. The Hall–Kier alpha value is -0.610. The topological polar surface area (TPSA) is 47.6 Å². The molecule has 0 radical (unpaired) electrons. The van der Waals surface area contributed by atoms with Crippen LogP contribution < -0.4 is 5.32 Å². The van der Waals surface area contributed by atoms with Gasteiger partial charge in [0, 0.05) is 13.1 Å². The molecule has 0 bridgehead atoms. The predicted octanol–water partition coefficient (Wildman–Crippen LogP) is 0.317. The SMILES string of the molecule is CCOC(=O)C[C@@H]1CNC[C@@H](C)O1. The van der Waals surface area contributed by atoms with E-state index in [4.69, 9.17) is 9.47 Å². The van der Waals surface area contributed by atoms with Crippen molar-refractivity contribution >= 4 is 5.97 Å². The van der Waals surface area contributed by atoms with Crippen molar-refractivity contribution in [2.75, 3.05) is 19.7 Å². The van der Waals surface area contributed by atoms with Crippen molar-refractivity contribution in [3.05, 3.63) is 0 Å². The number of carbonyl (C=O) groups excluding carboxylic acids is 1. The zero-order chi connectivity index (χ0) is 9.68. The largest absolute Gasteiger partial charge is 0.466 e. The Labute approximate surface area is 78.6 Å². The van der Waals surface area contributed by atoms with Crippen molar-refractivity contribution in [1.29, 1.82) is 0 Å². The molecule has 1 aliphatic heterocycles. The van der Waals surface area contributed by atoms with Crippen LogP contribution in [0.25, 0.3) is 0 Å². The van der Waals surface area contributed by atoms with Crippen LogP contribution >= 0.6 is 0 Å². The predicted molar refractivity (Wildman–Crippen MR) is 48.5 cm³/mol. The molecule has 4 heteroatoms. The minimum Gasteiger partial charge on any atom is -0.466 e. The number of esters is 1. The van der Waals surface area contributed by atoms with E-state index in [1.165, 1.54) is 0 Å². The van der Waals surface area contributed by atoms with Crippen molar-refractivity contribution in [3.63, 3.8) is 0 Å². The summed E-state index contributed by atoms with van der Waals surface area (Å²) in [7, 11) is 0. The first-order valence-electron chi connectivity index (χ1n) is 4.74. The van der Waals surface area contributed by atoms with Crippen LogP contribution in [-0.2, 0) is 14.3 Å². The molecular weight excluding hydrogens is 170 g/mol. The summed E-state index contributed by atoms with van der Waals surface area (Å²) >= 11 is 0. The van der Waals surface area contributed by atoms with Gasteiger partial charge in [0.05, 0.1) is 25.2 Å². The fourth-order valence-corrected chi connectivity index (χ4v) is 1.40. The Balaban J connectivity index is 2.23. The third-order valence-electron chi connectivity index (χ3n) is 1.93. The molecule has 1 N–H and O–H groups in total. The molecule has 0 aromatic carbocycles. The number of hydrogen-bond acceptors (Lipinski definition) is 4. The fraction of sp³-hybridized carbons (Fsp3) is 0.889. The van der Waals surface area contributed by atoms with E-state index in [0.717, 1.165) is 13.1 Å². The number of carbonyl (C=O) groups is 1. The smallest absolute Gasteiger partial charge is 0.308 e. The summed E-state index contributed by atoms with van der Waals surface area (Å²) in [4.78, 5) is 11.1. The van der Waals surface area contributed by atoms with Gasteiger partial charge in [-0.15, -0.1) is 0 Å². The Morgan fingerprint density at radius 3 is 3.00 bits per heavy atom. The molecule has 1 fully saturated rings. The number of ether oxygens (including phenoxy) is 2. The third kappa shape index (κ3) is 3.74. The van der Waals surface area contributed by atoms with Gasteiger partial charge < -0.3 is 14.8 Å². The Morgan fingerprint density at radius 2 is 2.38 bits per heavy atom. The zero-order valence-corrected chi connectivity index (χ0v) is 8.21. The van der Waals surface area contributed by atoms with E-state index in [0.29, 0.717) is 13.0 Å². The van der Waals surface area contributed by atoms with Crippen LogP contribution in [0, 0.1) is 0 Å². The van der Waals surface area contributed by atoms with Gasteiger partial charge in [0.1, 0.15) is 0 Å². The summed E-state index contributed by atoms with van der Waals surface area (Å²) < 4.78 is 10.4. The minimum absolute atomic E-state index is 0.0252. The van der Waals surface area contributed by atoms with Gasteiger partial charge in [-0.3, -0.25) is 4.79 Å². The summed E-state index contributed by atoms with van der Waals surface area (Å²) in [5, 5.41) is 3.20. The lowest BCUT2D eigenvalue weighted by Gasteiger charge is -2.27. The molecule has 1 rings (SSSR count). The summed E-state index contributed by atoms with van der Waals surface area (Å²) in [5.41, 5.74) is 0. The fourth-order valence-electron chi connectivity index (χ4n) is 1.40. The molecule has 0 aromatic rings. The second-order valence-corrected chi connectivity index (χ2v) is 3.24. The summed E-state index contributed by atoms with van der Waals surface area (Å²) in [6, 6.07) is 0. The lowest BCUT2D eigenvalue weighted by Crippen LogP contribution is -2.44. The third-order valence-corrected chi connectivity index (χ3v) is 1.93. The van der Waals surface area contributed by atoms with Crippen LogP contribution in [0.3, 0.4) is 0 Å². The number of hydrogen-bond donors (Lipinski definition) is 1. The van der Waals surface area contributed by atoms with Gasteiger partial charge >= 0.3 is 5.97 Å². The van der Waals surface area contributed by atoms with Crippen LogP contribution in [-0.4, -0.2) is 37.9 Å². The molecule has 0 saturated carbocycles. The highest BCUT2D eigenvalue weighted by Gasteiger charge is 2.21. The average molecular weight is 187 g/mol. The maximum absolute atomic E-state index is 11.1. The van der Waals surface area contributed by atoms with E-state index in [9.17, 15) is 4.79 Å². The highest BCUT2D eigenvalue weighted by atomic mass is 16.5. The number of nitrogens with one attached hydrogen (secondary N) is 1. The molecule has 4 nitrogen and oxygen atoms in total. The maximum Gasteiger partial charge on any atom is 0.308 e. The van der Waals surface area contributed by atoms with Gasteiger partial charge in [-0.1, -0.05) is 0 Å². The molecule has 0 spiro atoms. The van der Waals surface area contributed by atoms with E-state index in [2.05, 4.69) is 5.32 Å². The molecule has 1 aliphatic rings. The summed E-state index contributed by atoms with van der Waals surface area (Å²) in [6.45, 7) is 5.84. The number of rotatable bonds is 3. The van der Waals surface area contributed by atoms with Crippen LogP contribution in [0.4, 0.5) is 0 Å². The van der Waals surface area contributed by atoms with E-state index < -0.39 is 0 Å². The molecule has 1 heterocycles. The lowest BCUT2D eigenvalue weighted by molar-refractivity contribution is -0.148. The lowest BCUT2D eigenvalue weighted by atomic mass is 10.2. The molecule has 76 valence electrons. The standard InChI is InChI=1S/C9H17NO3/c1-3-12-9(11)4-8-6-10-5-7(2)13-8/h7-8,10H,3-6H2,1-2H3/t7-,8-/m1/s1. The number of morpholine rings is 1. The Kier molecular flexibility index (Phi) is 4.18. The second-order valence-electron chi connectivity index (χ2n) is 3.24. The monoisotopic (exact) mass is 187 g/mol. The van der Waals surface area contributed by atoms with Crippen LogP contribution in [0.15, 0.2) is 0 Å². The first-order valence-corrected chi connectivity index (χ1v) is 4.74. The van der Waals surface area contributed by atoms with Gasteiger partial charge in [0.2, 0.25) is 0 Å². The zero-order valence-electron chi connectivity index (χ0n) is 8.21. The average Bonchev–Trinajstić information content (AvgIpc) is 2.04. The molecular formula is C9H17NO3. The van der Waals surface area contributed by atoms with E-state index >= 15 is 0 Å². The quantitative estimate of drug-likeness (QED) is 0.646. The van der Waals surface area contributed by atoms with Gasteiger partial charge in [0.25, 0.3) is 0 Å². The molecule has 2 atom stereocenters.